The molecule has 0 radical (unpaired) electrons. The summed E-state index contributed by atoms with van der Waals surface area (Å²) in [5.74, 6) is 1.99. The third kappa shape index (κ3) is 5.08. The summed E-state index contributed by atoms with van der Waals surface area (Å²) in [6.45, 7) is 7.85. The molecule has 1 aliphatic rings. The van der Waals surface area contributed by atoms with E-state index in [1.165, 1.54) is 32.1 Å². The highest BCUT2D eigenvalue weighted by molar-refractivity contribution is 4.95. The van der Waals surface area contributed by atoms with Crippen LogP contribution in [0.3, 0.4) is 0 Å². The predicted octanol–water partition coefficient (Wildman–Crippen LogP) is 3.27. The molecule has 1 saturated carbocycles. The van der Waals surface area contributed by atoms with Crippen molar-refractivity contribution in [2.75, 3.05) is 13.2 Å². The third-order valence-corrected chi connectivity index (χ3v) is 4.05. The summed E-state index contributed by atoms with van der Waals surface area (Å²) in [4.78, 5) is 4.56. The molecule has 0 saturated heterocycles. The number of aromatic nitrogens is 2. The fraction of sp³-hybridized carbons (Fsp3) is 0.875. The lowest BCUT2D eigenvalue weighted by molar-refractivity contribution is -0.00145. The Balaban J connectivity index is 1.94. The van der Waals surface area contributed by atoms with Crippen LogP contribution in [0, 0.1) is 5.92 Å². The van der Waals surface area contributed by atoms with Crippen molar-refractivity contribution in [1.82, 2.24) is 15.5 Å². The summed E-state index contributed by atoms with van der Waals surface area (Å²) in [6.07, 6.45) is 7.12. The zero-order valence-corrected chi connectivity index (χ0v) is 13.6. The van der Waals surface area contributed by atoms with Crippen molar-refractivity contribution in [2.24, 2.45) is 5.92 Å². The lowest BCUT2D eigenvalue weighted by Crippen LogP contribution is -2.25. The molecule has 1 fully saturated rings. The summed E-state index contributed by atoms with van der Waals surface area (Å²) in [7, 11) is 0. The van der Waals surface area contributed by atoms with E-state index >= 15 is 0 Å². The van der Waals surface area contributed by atoms with Gasteiger partial charge in [0.25, 0.3) is 0 Å². The number of nitrogens with one attached hydrogen (secondary N) is 1. The molecule has 1 heterocycles. The number of ether oxygens (including phenoxy) is 1. The SMILES string of the molecule is CCOC(c1noc(CCNC(C)C)n1)C1CCCCC1. The number of hydrogen-bond donors (Lipinski definition) is 1. The van der Waals surface area contributed by atoms with Crippen molar-refractivity contribution in [3.05, 3.63) is 11.7 Å². The lowest BCUT2D eigenvalue weighted by Gasteiger charge is -2.27. The molecule has 1 atom stereocenters. The Morgan fingerprint density at radius 1 is 1.29 bits per heavy atom. The number of rotatable bonds is 8. The number of nitrogens with zero attached hydrogens (tertiary/aromatic N) is 2. The molecule has 1 aromatic heterocycles. The van der Waals surface area contributed by atoms with E-state index in [2.05, 4.69) is 29.3 Å². The van der Waals surface area contributed by atoms with Crippen molar-refractivity contribution in [3.8, 4) is 0 Å². The Labute approximate surface area is 127 Å². The minimum atomic E-state index is 0.00542. The molecule has 0 spiro atoms. The molecular formula is C16H29N3O2. The second-order valence-corrected chi connectivity index (χ2v) is 6.18. The van der Waals surface area contributed by atoms with Crippen LogP contribution in [0.4, 0.5) is 0 Å². The van der Waals surface area contributed by atoms with Gasteiger partial charge in [-0.05, 0) is 25.7 Å². The van der Waals surface area contributed by atoms with E-state index in [1.54, 1.807) is 0 Å². The van der Waals surface area contributed by atoms with E-state index in [1.807, 2.05) is 6.92 Å². The Morgan fingerprint density at radius 2 is 2.05 bits per heavy atom. The molecule has 0 bridgehead atoms. The van der Waals surface area contributed by atoms with Gasteiger partial charge in [0.15, 0.2) is 0 Å². The van der Waals surface area contributed by atoms with Crippen LogP contribution in [0.25, 0.3) is 0 Å². The minimum Gasteiger partial charge on any atom is -0.370 e. The van der Waals surface area contributed by atoms with Gasteiger partial charge in [-0.1, -0.05) is 38.3 Å². The first kappa shape index (κ1) is 16.4. The monoisotopic (exact) mass is 295 g/mol. The van der Waals surface area contributed by atoms with Crippen LogP contribution in [-0.2, 0) is 11.2 Å². The van der Waals surface area contributed by atoms with Gasteiger partial charge in [0, 0.05) is 25.6 Å². The number of hydrogen-bond acceptors (Lipinski definition) is 5. The standard InChI is InChI=1S/C16H29N3O2/c1-4-20-15(13-8-6-5-7-9-13)16-18-14(21-19-16)10-11-17-12(2)3/h12-13,15,17H,4-11H2,1-3H3. The van der Waals surface area contributed by atoms with Gasteiger partial charge in [-0.15, -0.1) is 0 Å². The second-order valence-electron chi connectivity index (χ2n) is 6.18. The zero-order valence-electron chi connectivity index (χ0n) is 13.6. The topological polar surface area (TPSA) is 60.2 Å². The highest BCUT2D eigenvalue weighted by Gasteiger charge is 2.29. The van der Waals surface area contributed by atoms with E-state index in [9.17, 15) is 0 Å². The molecule has 0 aromatic carbocycles. The molecule has 5 nitrogen and oxygen atoms in total. The lowest BCUT2D eigenvalue weighted by atomic mass is 9.85. The van der Waals surface area contributed by atoms with Crippen molar-refractivity contribution in [1.29, 1.82) is 0 Å². The van der Waals surface area contributed by atoms with Gasteiger partial charge >= 0.3 is 0 Å². The third-order valence-electron chi connectivity index (χ3n) is 4.05. The molecule has 21 heavy (non-hydrogen) atoms. The maximum atomic E-state index is 5.92. The van der Waals surface area contributed by atoms with Crippen LogP contribution in [0.1, 0.15) is 70.7 Å². The molecule has 2 rings (SSSR count). The van der Waals surface area contributed by atoms with Crippen molar-refractivity contribution in [2.45, 2.75) is 71.4 Å². The molecule has 5 heteroatoms. The van der Waals surface area contributed by atoms with Gasteiger partial charge in [-0.3, -0.25) is 0 Å². The average molecular weight is 295 g/mol. The predicted molar refractivity (Wildman–Crippen MR) is 82.1 cm³/mol. The fourth-order valence-electron chi connectivity index (χ4n) is 2.99. The zero-order chi connectivity index (χ0) is 15.1. The van der Waals surface area contributed by atoms with E-state index in [0.717, 1.165) is 18.8 Å². The maximum absolute atomic E-state index is 5.92. The first-order chi connectivity index (χ1) is 10.2. The molecule has 1 N–H and O–H groups in total. The average Bonchev–Trinajstić information content (AvgIpc) is 2.94. The van der Waals surface area contributed by atoms with Crippen LogP contribution in [0.2, 0.25) is 0 Å². The molecule has 0 amide bonds. The highest BCUT2D eigenvalue weighted by atomic mass is 16.5. The summed E-state index contributed by atoms with van der Waals surface area (Å²) < 4.78 is 11.3. The van der Waals surface area contributed by atoms with Crippen LogP contribution in [-0.4, -0.2) is 29.3 Å². The Hall–Kier alpha value is -0.940. The smallest absolute Gasteiger partial charge is 0.228 e. The highest BCUT2D eigenvalue weighted by Crippen LogP contribution is 2.35. The summed E-state index contributed by atoms with van der Waals surface area (Å²) in [5, 5.41) is 7.53. The van der Waals surface area contributed by atoms with Gasteiger partial charge in [0.2, 0.25) is 11.7 Å². The first-order valence-corrected chi connectivity index (χ1v) is 8.38. The van der Waals surface area contributed by atoms with E-state index in [4.69, 9.17) is 9.26 Å². The quantitative estimate of drug-likeness (QED) is 0.797. The van der Waals surface area contributed by atoms with Crippen LogP contribution >= 0.6 is 0 Å². The summed E-state index contributed by atoms with van der Waals surface area (Å²) in [5.41, 5.74) is 0. The van der Waals surface area contributed by atoms with Crippen molar-refractivity contribution in [3.63, 3.8) is 0 Å². The Bertz CT molecular complexity index is 400. The van der Waals surface area contributed by atoms with Crippen molar-refractivity contribution < 1.29 is 9.26 Å². The van der Waals surface area contributed by atoms with Crippen LogP contribution < -0.4 is 5.32 Å². The second kappa shape index (κ2) is 8.49. The molecule has 1 aromatic rings. The van der Waals surface area contributed by atoms with Gasteiger partial charge in [0.05, 0.1) is 0 Å². The van der Waals surface area contributed by atoms with E-state index in [-0.39, 0.29) is 6.10 Å². The van der Waals surface area contributed by atoms with E-state index < -0.39 is 0 Å². The van der Waals surface area contributed by atoms with Crippen LogP contribution in [0.5, 0.6) is 0 Å². The largest absolute Gasteiger partial charge is 0.370 e. The van der Waals surface area contributed by atoms with Gasteiger partial charge < -0.3 is 14.6 Å². The van der Waals surface area contributed by atoms with Gasteiger partial charge in [-0.25, -0.2) is 0 Å². The van der Waals surface area contributed by atoms with Crippen LogP contribution in [0.15, 0.2) is 4.52 Å². The summed E-state index contributed by atoms with van der Waals surface area (Å²) >= 11 is 0. The van der Waals surface area contributed by atoms with Gasteiger partial charge in [-0.2, -0.15) is 4.98 Å². The molecule has 0 aliphatic heterocycles. The van der Waals surface area contributed by atoms with Crippen molar-refractivity contribution >= 4 is 0 Å². The summed E-state index contributed by atoms with van der Waals surface area (Å²) in [6, 6.07) is 0.478. The maximum Gasteiger partial charge on any atom is 0.228 e. The Kier molecular flexibility index (Phi) is 6.64. The Morgan fingerprint density at radius 3 is 2.71 bits per heavy atom. The molecule has 1 aliphatic carbocycles. The van der Waals surface area contributed by atoms with E-state index in [0.29, 0.717) is 24.5 Å². The molecular weight excluding hydrogens is 266 g/mol. The molecule has 1 unspecified atom stereocenters. The fourth-order valence-corrected chi connectivity index (χ4v) is 2.99. The normalized spacial score (nSPS) is 18.3. The first-order valence-electron chi connectivity index (χ1n) is 8.38. The van der Waals surface area contributed by atoms with Gasteiger partial charge in [0.1, 0.15) is 6.10 Å². The minimum absolute atomic E-state index is 0.00542. The molecule has 120 valence electrons.